The number of aryl methyl sites for hydroxylation is 1. The molecule has 3 rings (SSSR count). The fourth-order valence-corrected chi connectivity index (χ4v) is 3.29. The standard InChI is InChI=1S/C22H28N2O2/c1-19-6-5-9-21(16-19)18-24(11-10-23-12-14-26-15-13-23)22(25)17-20-7-3-2-4-8-20/h2-9,16H,10-15,17-18H2,1H3. The van der Waals surface area contributed by atoms with Crippen molar-refractivity contribution in [2.45, 2.75) is 19.9 Å². The molecule has 0 bridgehead atoms. The van der Waals surface area contributed by atoms with Gasteiger partial charge in [-0.2, -0.15) is 0 Å². The summed E-state index contributed by atoms with van der Waals surface area (Å²) in [5, 5.41) is 0. The Morgan fingerprint density at radius 1 is 1.04 bits per heavy atom. The summed E-state index contributed by atoms with van der Waals surface area (Å²) in [6.45, 7) is 7.88. The van der Waals surface area contributed by atoms with Crippen LogP contribution in [0.1, 0.15) is 16.7 Å². The SMILES string of the molecule is Cc1cccc(CN(CCN2CCOCC2)C(=O)Cc2ccccc2)c1. The first-order valence-electron chi connectivity index (χ1n) is 9.38. The minimum Gasteiger partial charge on any atom is -0.379 e. The van der Waals surface area contributed by atoms with Crippen LogP contribution in [0.25, 0.3) is 0 Å². The Bertz CT molecular complexity index is 696. The van der Waals surface area contributed by atoms with E-state index in [1.807, 2.05) is 35.2 Å². The van der Waals surface area contributed by atoms with E-state index in [4.69, 9.17) is 4.74 Å². The predicted molar refractivity (Wildman–Crippen MR) is 104 cm³/mol. The van der Waals surface area contributed by atoms with E-state index in [9.17, 15) is 4.79 Å². The van der Waals surface area contributed by atoms with Gasteiger partial charge >= 0.3 is 0 Å². The minimum absolute atomic E-state index is 0.186. The molecule has 4 heteroatoms. The zero-order chi connectivity index (χ0) is 18.2. The number of rotatable bonds is 7. The number of morpholine rings is 1. The summed E-state index contributed by atoms with van der Waals surface area (Å²) in [4.78, 5) is 17.3. The summed E-state index contributed by atoms with van der Waals surface area (Å²) >= 11 is 0. The summed E-state index contributed by atoms with van der Waals surface area (Å²) in [7, 11) is 0. The van der Waals surface area contributed by atoms with Crippen LogP contribution in [0.15, 0.2) is 54.6 Å². The monoisotopic (exact) mass is 352 g/mol. The number of amides is 1. The van der Waals surface area contributed by atoms with Crippen LogP contribution in [0.4, 0.5) is 0 Å². The molecule has 0 radical (unpaired) electrons. The first-order valence-corrected chi connectivity index (χ1v) is 9.38. The molecule has 0 aliphatic carbocycles. The van der Waals surface area contributed by atoms with Gasteiger partial charge in [0.25, 0.3) is 0 Å². The maximum Gasteiger partial charge on any atom is 0.227 e. The first-order chi connectivity index (χ1) is 12.7. The molecule has 0 saturated carbocycles. The Morgan fingerprint density at radius 3 is 2.50 bits per heavy atom. The summed E-state index contributed by atoms with van der Waals surface area (Å²) in [5.74, 6) is 0.186. The molecule has 1 aliphatic heterocycles. The third-order valence-corrected chi connectivity index (χ3v) is 4.80. The van der Waals surface area contributed by atoms with Crippen molar-refractivity contribution in [1.29, 1.82) is 0 Å². The molecule has 0 atom stereocenters. The average molecular weight is 352 g/mol. The quantitative estimate of drug-likeness (QED) is 0.768. The second kappa shape index (κ2) is 9.51. The third kappa shape index (κ3) is 5.68. The number of nitrogens with zero attached hydrogens (tertiary/aromatic N) is 2. The van der Waals surface area contributed by atoms with Crippen LogP contribution in [0, 0.1) is 6.92 Å². The van der Waals surface area contributed by atoms with E-state index in [-0.39, 0.29) is 5.91 Å². The maximum atomic E-state index is 13.0. The molecular formula is C22H28N2O2. The van der Waals surface area contributed by atoms with E-state index in [0.717, 1.165) is 45.0 Å². The van der Waals surface area contributed by atoms with Crippen LogP contribution in [0.3, 0.4) is 0 Å². The van der Waals surface area contributed by atoms with Gasteiger partial charge in [-0.15, -0.1) is 0 Å². The van der Waals surface area contributed by atoms with Crippen LogP contribution < -0.4 is 0 Å². The number of hydrogen-bond donors (Lipinski definition) is 0. The number of benzene rings is 2. The van der Waals surface area contributed by atoms with Gasteiger partial charge in [0.05, 0.1) is 19.6 Å². The molecule has 2 aromatic rings. The second-order valence-electron chi connectivity index (χ2n) is 6.92. The Morgan fingerprint density at radius 2 is 1.77 bits per heavy atom. The van der Waals surface area contributed by atoms with Gasteiger partial charge in [-0.05, 0) is 18.1 Å². The lowest BCUT2D eigenvalue weighted by Crippen LogP contribution is -2.43. The first kappa shape index (κ1) is 18.6. The number of ether oxygens (including phenoxy) is 1. The van der Waals surface area contributed by atoms with Gasteiger partial charge < -0.3 is 9.64 Å². The predicted octanol–water partition coefficient (Wildman–Crippen LogP) is 2.90. The molecule has 0 unspecified atom stereocenters. The van der Waals surface area contributed by atoms with Gasteiger partial charge in [0.1, 0.15) is 0 Å². The van der Waals surface area contributed by atoms with Crippen molar-refractivity contribution >= 4 is 5.91 Å². The molecule has 26 heavy (non-hydrogen) atoms. The normalized spacial score (nSPS) is 15.0. The summed E-state index contributed by atoms with van der Waals surface area (Å²) in [6, 6.07) is 18.4. The van der Waals surface area contributed by atoms with Crippen LogP contribution in [-0.2, 0) is 22.5 Å². The van der Waals surface area contributed by atoms with Crippen molar-refractivity contribution in [2.75, 3.05) is 39.4 Å². The number of hydrogen-bond acceptors (Lipinski definition) is 3. The molecule has 0 aromatic heterocycles. The van der Waals surface area contributed by atoms with E-state index >= 15 is 0 Å². The van der Waals surface area contributed by atoms with Crippen LogP contribution in [0.5, 0.6) is 0 Å². The lowest BCUT2D eigenvalue weighted by molar-refractivity contribution is -0.131. The van der Waals surface area contributed by atoms with Gasteiger partial charge in [0.2, 0.25) is 5.91 Å². The van der Waals surface area contributed by atoms with E-state index in [1.165, 1.54) is 11.1 Å². The van der Waals surface area contributed by atoms with Gasteiger partial charge in [0, 0.05) is 32.7 Å². The maximum absolute atomic E-state index is 13.0. The van der Waals surface area contributed by atoms with Crippen LogP contribution >= 0.6 is 0 Å². The fourth-order valence-electron chi connectivity index (χ4n) is 3.29. The van der Waals surface area contributed by atoms with Crippen molar-refractivity contribution in [3.8, 4) is 0 Å². The highest BCUT2D eigenvalue weighted by Crippen LogP contribution is 2.11. The zero-order valence-corrected chi connectivity index (χ0v) is 15.6. The molecule has 4 nitrogen and oxygen atoms in total. The van der Waals surface area contributed by atoms with Crippen molar-refractivity contribution in [3.63, 3.8) is 0 Å². The molecule has 0 spiro atoms. The summed E-state index contributed by atoms with van der Waals surface area (Å²) in [6.07, 6.45) is 0.454. The summed E-state index contributed by atoms with van der Waals surface area (Å²) < 4.78 is 5.42. The smallest absolute Gasteiger partial charge is 0.227 e. The topological polar surface area (TPSA) is 32.8 Å². The Hall–Kier alpha value is -2.17. The molecule has 1 aliphatic rings. The minimum atomic E-state index is 0.186. The van der Waals surface area contributed by atoms with Gasteiger partial charge in [-0.25, -0.2) is 0 Å². The molecule has 138 valence electrons. The Balaban J connectivity index is 1.66. The molecule has 2 aromatic carbocycles. The molecule has 1 saturated heterocycles. The lowest BCUT2D eigenvalue weighted by Gasteiger charge is -2.30. The molecule has 1 amide bonds. The third-order valence-electron chi connectivity index (χ3n) is 4.80. The van der Waals surface area contributed by atoms with Crippen molar-refractivity contribution in [2.24, 2.45) is 0 Å². The van der Waals surface area contributed by atoms with E-state index < -0.39 is 0 Å². The van der Waals surface area contributed by atoms with Crippen molar-refractivity contribution < 1.29 is 9.53 Å². The Labute approximate surface area is 156 Å². The molecule has 0 N–H and O–H groups in total. The fraction of sp³-hybridized carbons (Fsp3) is 0.409. The zero-order valence-electron chi connectivity index (χ0n) is 15.6. The van der Waals surface area contributed by atoms with E-state index in [1.54, 1.807) is 0 Å². The molecular weight excluding hydrogens is 324 g/mol. The van der Waals surface area contributed by atoms with E-state index in [0.29, 0.717) is 13.0 Å². The van der Waals surface area contributed by atoms with Crippen LogP contribution in [-0.4, -0.2) is 55.1 Å². The summed E-state index contributed by atoms with van der Waals surface area (Å²) in [5.41, 5.74) is 3.48. The second-order valence-corrected chi connectivity index (χ2v) is 6.92. The Kier molecular flexibility index (Phi) is 6.81. The average Bonchev–Trinajstić information content (AvgIpc) is 2.67. The van der Waals surface area contributed by atoms with Gasteiger partial charge in [-0.3, -0.25) is 9.69 Å². The highest BCUT2D eigenvalue weighted by molar-refractivity contribution is 5.78. The van der Waals surface area contributed by atoms with E-state index in [2.05, 4.69) is 36.1 Å². The van der Waals surface area contributed by atoms with Crippen molar-refractivity contribution in [3.05, 3.63) is 71.3 Å². The molecule has 1 fully saturated rings. The van der Waals surface area contributed by atoms with Gasteiger partial charge in [-0.1, -0.05) is 60.2 Å². The van der Waals surface area contributed by atoms with Crippen LogP contribution in [0.2, 0.25) is 0 Å². The molecule has 1 heterocycles. The highest BCUT2D eigenvalue weighted by atomic mass is 16.5. The number of carbonyl (C=O) groups excluding carboxylic acids is 1. The highest BCUT2D eigenvalue weighted by Gasteiger charge is 2.17. The largest absolute Gasteiger partial charge is 0.379 e. The lowest BCUT2D eigenvalue weighted by atomic mass is 10.1. The van der Waals surface area contributed by atoms with Gasteiger partial charge in [0.15, 0.2) is 0 Å². The number of carbonyl (C=O) groups is 1. The van der Waals surface area contributed by atoms with Crippen molar-refractivity contribution in [1.82, 2.24) is 9.80 Å².